The number of aryl methyl sites for hydroxylation is 1. The lowest BCUT2D eigenvalue weighted by Crippen LogP contribution is -2.29. The molecule has 0 radical (unpaired) electrons. The minimum absolute atomic E-state index is 0.0939. The second-order valence-electron chi connectivity index (χ2n) is 5.21. The molecule has 0 saturated heterocycles. The first-order valence-corrected chi connectivity index (χ1v) is 7.23. The molecule has 21 heavy (non-hydrogen) atoms. The zero-order chi connectivity index (χ0) is 15.2. The summed E-state index contributed by atoms with van der Waals surface area (Å²) in [5, 5.41) is 2.94. The van der Waals surface area contributed by atoms with Crippen molar-refractivity contribution >= 4 is 5.91 Å². The van der Waals surface area contributed by atoms with Gasteiger partial charge in [0.1, 0.15) is 5.82 Å². The third-order valence-electron chi connectivity index (χ3n) is 3.45. The van der Waals surface area contributed by atoms with Crippen molar-refractivity contribution in [3.8, 4) is 0 Å². The van der Waals surface area contributed by atoms with Gasteiger partial charge in [-0.2, -0.15) is 0 Å². The van der Waals surface area contributed by atoms with Crippen molar-refractivity contribution in [3.63, 3.8) is 0 Å². The second kappa shape index (κ2) is 7.02. The summed E-state index contributed by atoms with van der Waals surface area (Å²) in [5.41, 5.74) is 2.01. The predicted octanol–water partition coefficient (Wildman–Crippen LogP) is 4.41. The van der Waals surface area contributed by atoms with Crippen LogP contribution in [0.1, 0.15) is 47.3 Å². The Bertz CT molecular complexity index is 610. The van der Waals surface area contributed by atoms with Crippen molar-refractivity contribution in [3.05, 3.63) is 71.0 Å². The van der Waals surface area contributed by atoms with E-state index in [1.54, 1.807) is 12.1 Å². The molecule has 1 N–H and O–H groups in total. The zero-order valence-corrected chi connectivity index (χ0v) is 12.4. The van der Waals surface area contributed by atoms with Crippen LogP contribution in [0.25, 0.3) is 0 Å². The Morgan fingerprint density at radius 1 is 1.19 bits per heavy atom. The van der Waals surface area contributed by atoms with Crippen LogP contribution >= 0.6 is 0 Å². The van der Waals surface area contributed by atoms with Crippen LogP contribution in [0.5, 0.6) is 0 Å². The molecule has 0 fully saturated rings. The monoisotopic (exact) mass is 285 g/mol. The summed E-state index contributed by atoms with van der Waals surface area (Å²) in [5.74, 6) is -0.847. The lowest BCUT2D eigenvalue weighted by molar-refractivity contribution is 0.0930. The van der Waals surface area contributed by atoms with Gasteiger partial charge in [-0.25, -0.2) is 4.39 Å². The molecule has 0 saturated carbocycles. The zero-order valence-electron chi connectivity index (χ0n) is 12.4. The van der Waals surface area contributed by atoms with Crippen LogP contribution in [-0.4, -0.2) is 5.91 Å². The van der Waals surface area contributed by atoms with Crippen molar-refractivity contribution in [1.82, 2.24) is 5.32 Å². The topological polar surface area (TPSA) is 29.1 Å². The molecule has 1 amide bonds. The number of carbonyl (C=O) groups is 1. The number of benzene rings is 2. The van der Waals surface area contributed by atoms with Gasteiger partial charge >= 0.3 is 0 Å². The molecule has 0 aliphatic heterocycles. The molecule has 1 atom stereocenters. The van der Waals surface area contributed by atoms with E-state index in [-0.39, 0.29) is 17.5 Å². The first-order valence-electron chi connectivity index (χ1n) is 7.23. The Balaban J connectivity index is 2.20. The highest BCUT2D eigenvalue weighted by molar-refractivity contribution is 5.94. The molecule has 0 heterocycles. The highest BCUT2D eigenvalue weighted by atomic mass is 19.1. The number of rotatable bonds is 5. The van der Waals surface area contributed by atoms with Gasteiger partial charge in [0.15, 0.2) is 0 Å². The summed E-state index contributed by atoms with van der Waals surface area (Å²) in [6, 6.07) is 14.3. The molecule has 2 nitrogen and oxygen atoms in total. The summed E-state index contributed by atoms with van der Waals surface area (Å²) in [7, 11) is 0. The Kier molecular flexibility index (Phi) is 5.09. The second-order valence-corrected chi connectivity index (χ2v) is 5.21. The molecule has 3 heteroatoms. The minimum Gasteiger partial charge on any atom is -0.345 e. The third kappa shape index (κ3) is 3.91. The Hall–Kier alpha value is -2.16. The SMILES string of the molecule is CCCC(NC(=O)c1cc(C)ccc1F)c1ccccc1. The van der Waals surface area contributed by atoms with E-state index in [0.717, 1.165) is 24.0 Å². The fourth-order valence-electron chi connectivity index (χ4n) is 2.35. The molecule has 2 rings (SSSR count). The first-order chi connectivity index (χ1) is 10.1. The number of hydrogen-bond donors (Lipinski definition) is 1. The molecular weight excluding hydrogens is 265 g/mol. The minimum atomic E-state index is -0.485. The fraction of sp³-hybridized carbons (Fsp3) is 0.278. The van der Waals surface area contributed by atoms with Crippen molar-refractivity contribution in [1.29, 1.82) is 0 Å². The van der Waals surface area contributed by atoms with E-state index >= 15 is 0 Å². The van der Waals surface area contributed by atoms with Gasteiger partial charge in [-0.05, 0) is 31.0 Å². The summed E-state index contributed by atoms with van der Waals surface area (Å²) in [4.78, 5) is 12.3. The molecular formula is C18H20FNO. The number of hydrogen-bond acceptors (Lipinski definition) is 1. The number of nitrogens with one attached hydrogen (secondary N) is 1. The number of halogens is 1. The Morgan fingerprint density at radius 3 is 2.57 bits per heavy atom. The number of carbonyl (C=O) groups excluding carboxylic acids is 1. The van der Waals surface area contributed by atoms with Gasteiger partial charge in [-0.3, -0.25) is 4.79 Å². The van der Waals surface area contributed by atoms with E-state index in [1.807, 2.05) is 37.3 Å². The number of amides is 1. The van der Waals surface area contributed by atoms with E-state index in [4.69, 9.17) is 0 Å². The molecule has 0 spiro atoms. The van der Waals surface area contributed by atoms with Crippen LogP contribution < -0.4 is 5.32 Å². The standard InChI is InChI=1S/C18H20FNO/c1-3-7-17(14-8-5-4-6-9-14)20-18(21)15-12-13(2)10-11-16(15)19/h4-6,8-12,17H,3,7H2,1-2H3,(H,20,21). The molecule has 1 unspecified atom stereocenters. The Labute approximate surface area is 125 Å². The molecule has 0 aliphatic carbocycles. The fourth-order valence-corrected chi connectivity index (χ4v) is 2.35. The first kappa shape index (κ1) is 15.2. The summed E-state index contributed by atoms with van der Waals surface area (Å²) in [6.07, 6.45) is 1.76. The van der Waals surface area contributed by atoms with E-state index in [2.05, 4.69) is 12.2 Å². The van der Waals surface area contributed by atoms with E-state index in [9.17, 15) is 9.18 Å². The van der Waals surface area contributed by atoms with Crippen molar-refractivity contribution in [2.75, 3.05) is 0 Å². The lowest BCUT2D eigenvalue weighted by Gasteiger charge is -2.19. The maximum atomic E-state index is 13.8. The average molecular weight is 285 g/mol. The quantitative estimate of drug-likeness (QED) is 0.866. The summed E-state index contributed by atoms with van der Waals surface area (Å²) < 4.78 is 13.8. The maximum absolute atomic E-state index is 13.8. The van der Waals surface area contributed by atoms with Crippen LogP contribution in [0.2, 0.25) is 0 Å². The summed E-state index contributed by atoms with van der Waals surface area (Å²) >= 11 is 0. The van der Waals surface area contributed by atoms with Crippen molar-refractivity contribution < 1.29 is 9.18 Å². The smallest absolute Gasteiger partial charge is 0.254 e. The van der Waals surface area contributed by atoms with Crippen LogP contribution in [0.15, 0.2) is 48.5 Å². The van der Waals surface area contributed by atoms with Crippen LogP contribution in [0, 0.1) is 12.7 Å². The lowest BCUT2D eigenvalue weighted by atomic mass is 10.0. The van der Waals surface area contributed by atoms with Gasteiger partial charge < -0.3 is 5.32 Å². The van der Waals surface area contributed by atoms with Gasteiger partial charge in [-0.15, -0.1) is 0 Å². The van der Waals surface area contributed by atoms with Gasteiger partial charge in [0.2, 0.25) is 0 Å². The van der Waals surface area contributed by atoms with E-state index in [1.165, 1.54) is 6.07 Å². The molecule has 0 aliphatic rings. The van der Waals surface area contributed by atoms with Gasteiger partial charge in [0.05, 0.1) is 11.6 Å². The molecule has 0 aromatic heterocycles. The van der Waals surface area contributed by atoms with Gasteiger partial charge in [0, 0.05) is 0 Å². The molecule has 110 valence electrons. The highest BCUT2D eigenvalue weighted by Gasteiger charge is 2.17. The molecule has 2 aromatic carbocycles. The Morgan fingerprint density at radius 2 is 1.90 bits per heavy atom. The average Bonchev–Trinajstić information content (AvgIpc) is 2.50. The van der Waals surface area contributed by atoms with Crippen molar-refractivity contribution in [2.45, 2.75) is 32.7 Å². The van der Waals surface area contributed by atoms with E-state index in [0.29, 0.717) is 0 Å². The van der Waals surface area contributed by atoms with Crippen LogP contribution in [-0.2, 0) is 0 Å². The summed E-state index contributed by atoms with van der Waals surface area (Å²) in [6.45, 7) is 3.91. The largest absolute Gasteiger partial charge is 0.345 e. The van der Waals surface area contributed by atoms with Crippen molar-refractivity contribution in [2.24, 2.45) is 0 Å². The molecule has 0 bridgehead atoms. The highest BCUT2D eigenvalue weighted by Crippen LogP contribution is 2.19. The maximum Gasteiger partial charge on any atom is 0.254 e. The van der Waals surface area contributed by atoms with Crippen LogP contribution in [0.4, 0.5) is 4.39 Å². The normalized spacial score (nSPS) is 12.0. The van der Waals surface area contributed by atoms with Crippen LogP contribution in [0.3, 0.4) is 0 Å². The predicted molar refractivity (Wildman–Crippen MR) is 82.7 cm³/mol. The van der Waals surface area contributed by atoms with Gasteiger partial charge in [0.25, 0.3) is 5.91 Å². The van der Waals surface area contributed by atoms with E-state index < -0.39 is 5.82 Å². The molecule has 2 aromatic rings. The third-order valence-corrected chi connectivity index (χ3v) is 3.45. The van der Waals surface area contributed by atoms with Gasteiger partial charge in [-0.1, -0.05) is 55.3 Å².